The molecule has 4 aliphatic heterocycles. The lowest BCUT2D eigenvalue weighted by Crippen LogP contribution is -2.38. The first kappa shape index (κ1) is 22.0. The molecule has 2 aromatic heterocycles. The summed E-state index contributed by atoms with van der Waals surface area (Å²) < 4.78 is 5.76. The van der Waals surface area contributed by atoms with Gasteiger partial charge in [-0.3, -0.25) is 5.43 Å². The summed E-state index contributed by atoms with van der Waals surface area (Å²) in [6.07, 6.45) is 7.21. The molecule has 11 heteroatoms. The van der Waals surface area contributed by atoms with E-state index >= 15 is 0 Å². The van der Waals surface area contributed by atoms with Crippen LogP contribution in [0, 0.1) is 17.2 Å². The summed E-state index contributed by atoms with van der Waals surface area (Å²) in [5.41, 5.74) is 5.43. The minimum atomic E-state index is -0.301. The first-order valence-electron chi connectivity index (χ1n) is 12.3. The van der Waals surface area contributed by atoms with Crippen molar-refractivity contribution in [2.45, 2.75) is 50.5 Å². The standard InChI is InChI=1S/C24H29N9O2/c25-8-5-15-6-10-32(11-7-15)24-29-18-13-27-31-23-21(35-23)20(18)22(30-24)28-16-3-4-19(26-12-16)33-9-1-2-17(34)14-33/h3-4,12-13,15,17,21,23,31,34H,1-2,5-7,9-11,14H2,(H,28,29,30). The summed E-state index contributed by atoms with van der Waals surface area (Å²) in [7, 11) is 0. The predicted octanol–water partition coefficient (Wildman–Crippen LogP) is 2.04. The minimum Gasteiger partial charge on any atom is -0.391 e. The first-order valence-corrected chi connectivity index (χ1v) is 12.3. The van der Waals surface area contributed by atoms with Gasteiger partial charge in [0.2, 0.25) is 5.95 Å². The predicted molar refractivity (Wildman–Crippen MR) is 131 cm³/mol. The van der Waals surface area contributed by atoms with Crippen LogP contribution in [0.1, 0.15) is 49.5 Å². The summed E-state index contributed by atoms with van der Waals surface area (Å²) in [6, 6.07) is 6.25. The van der Waals surface area contributed by atoms with E-state index in [9.17, 15) is 5.11 Å². The van der Waals surface area contributed by atoms with Gasteiger partial charge in [-0.15, -0.1) is 0 Å². The van der Waals surface area contributed by atoms with Crippen LogP contribution < -0.4 is 20.5 Å². The molecule has 6 rings (SSSR count). The smallest absolute Gasteiger partial charge is 0.227 e. The zero-order valence-electron chi connectivity index (χ0n) is 19.5. The van der Waals surface area contributed by atoms with Gasteiger partial charge >= 0.3 is 0 Å². The van der Waals surface area contributed by atoms with E-state index in [4.69, 9.17) is 20.0 Å². The molecule has 3 N–H and O–H groups in total. The van der Waals surface area contributed by atoms with Gasteiger partial charge in [0.25, 0.3) is 0 Å². The molecule has 0 radical (unpaired) electrons. The molecule has 4 aliphatic rings. The average Bonchev–Trinajstić information content (AvgIpc) is 3.65. The molecule has 0 aliphatic carbocycles. The van der Waals surface area contributed by atoms with Crippen molar-refractivity contribution in [1.29, 1.82) is 5.26 Å². The van der Waals surface area contributed by atoms with Gasteiger partial charge in [-0.05, 0) is 43.7 Å². The van der Waals surface area contributed by atoms with E-state index in [0.29, 0.717) is 30.6 Å². The maximum atomic E-state index is 9.99. The number of anilines is 4. The van der Waals surface area contributed by atoms with Crippen molar-refractivity contribution >= 4 is 29.5 Å². The van der Waals surface area contributed by atoms with Crippen LogP contribution in [0.25, 0.3) is 0 Å². The van der Waals surface area contributed by atoms with Crippen molar-refractivity contribution in [3.8, 4) is 6.07 Å². The summed E-state index contributed by atoms with van der Waals surface area (Å²) in [4.78, 5) is 18.7. The van der Waals surface area contributed by atoms with Crippen molar-refractivity contribution in [1.82, 2.24) is 20.4 Å². The number of rotatable bonds is 5. The highest BCUT2D eigenvalue weighted by Crippen LogP contribution is 2.43. The zero-order chi connectivity index (χ0) is 23.8. The molecule has 0 saturated carbocycles. The van der Waals surface area contributed by atoms with E-state index in [1.807, 2.05) is 12.1 Å². The third-order valence-electron chi connectivity index (χ3n) is 7.14. The highest BCUT2D eigenvalue weighted by Gasteiger charge is 2.45. The van der Waals surface area contributed by atoms with Gasteiger partial charge in [0.1, 0.15) is 17.7 Å². The molecule has 3 atom stereocenters. The average molecular weight is 476 g/mol. The molecule has 182 valence electrons. The van der Waals surface area contributed by atoms with E-state index in [0.717, 1.165) is 68.1 Å². The van der Waals surface area contributed by atoms with Crippen LogP contribution in [-0.2, 0) is 4.74 Å². The molecule has 0 amide bonds. The van der Waals surface area contributed by atoms with Gasteiger partial charge in [-0.1, -0.05) is 0 Å². The second kappa shape index (κ2) is 9.28. The maximum absolute atomic E-state index is 9.99. The van der Waals surface area contributed by atoms with Crippen LogP contribution in [0.3, 0.4) is 0 Å². The topological polar surface area (TPSA) is 138 Å². The van der Waals surface area contributed by atoms with Crippen molar-refractivity contribution < 1.29 is 9.84 Å². The number of fused-ring (bicyclic) bond motifs is 3. The third-order valence-corrected chi connectivity index (χ3v) is 7.14. The van der Waals surface area contributed by atoms with Crippen molar-refractivity contribution in [3.63, 3.8) is 0 Å². The van der Waals surface area contributed by atoms with Gasteiger partial charge in [0.15, 0.2) is 6.23 Å². The second-order valence-electron chi connectivity index (χ2n) is 9.60. The molecule has 11 nitrogen and oxygen atoms in total. The van der Waals surface area contributed by atoms with Gasteiger partial charge in [-0.2, -0.15) is 15.3 Å². The Balaban J connectivity index is 1.26. The number of ether oxygens (including phenoxy) is 1. The Morgan fingerprint density at radius 1 is 1.17 bits per heavy atom. The Kier molecular flexibility index (Phi) is 5.83. The monoisotopic (exact) mass is 475 g/mol. The Labute approximate surface area is 203 Å². The molecule has 6 heterocycles. The fourth-order valence-electron chi connectivity index (χ4n) is 5.10. The molecule has 2 aromatic rings. The zero-order valence-corrected chi connectivity index (χ0v) is 19.5. The van der Waals surface area contributed by atoms with Crippen molar-refractivity contribution in [2.24, 2.45) is 11.0 Å². The number of aromatic nitrogens is 3. The number of aliphatic hydroxyl groups is 1. The first-order chi connectivity index (χ1) is 17.2. The molecule has 3 saturated heterocycles. The number of aliphatic hydroxyl groups excluding tert-OH is 1. The fraction of sp³-hybridized carbons (Fsp3) is 0.542. The van der Waals surface area contributed by atoms with Gasteiger partial charge in [-0.25, -0.2) is 9.97 Å². The summed E-state index contributed by atoms with van der Waals surface area (Å²) >= 11 is 0. The molecule has 0 bridgehead atoms. The lowest BCUT2D eigenvalue weighted by molar-refractivity contribution is 0.154. The van der Waals surface area contributed by atoms with E-state index in [1.54, 1.807) is 12.4 Å². The SMILES string of the molecule is N#CCC1CCN(c2nc3c(c(Nc4ccc(N5CCCC(O)C5)nc4)n2)C2OC2NN=C3)CC1. The number of hydrogen-bond acceptors (Lipinski definition) is 11. The van der Waals surface area contributed by atoms with Gasteiger partial charge in [0.05, 0.1) is 41.5 Å². The number of β-amino-alcohol motifs (C(OH)–C–C–N with tert-alkyl or cyclic N) is 1. The van der Waals surface area contributed by atoms with E-state index in [-0.39, 0.29) is 18.4 Å². The van der Waals surface area contributed by atoms with E-state index in [1.165, 1.54) is 0 Å². The van der Waals surface area contributed by atoms with Crippen LogP contribution in [-0.4, -0.2) is 64.8 Å². The molecule has 3 unspecified atom stereocenters. The second-order valence-corrected chi connectivity index (χ2v) is 9.60. The molecule has 0 aromatic carbocycles. The third kappa shape index (κ3) is 4.59. The molecule has 0 spiro atoms. The van der Waals surface area contributed by atoms with Crippen LogP contribution in [0.2, 0.25) is 0 Å². The Morgan fingerprint density at radius 2 is 2.06 bits per heavy atom. The highest BCUT2D eigenvalue weighted by atomic mass is 16.6. The van der Waals surface area contributed by atoms with E-state index in [2.05, 4.69) is 36.7 Å². The number of hydrazone groups is 1. The number of piperidine rings is 2. The Morgan fingerprint density at radius 3 is 2.83 bits per heavy atom. The van der Waals surface area contributed by atoms with Crippen molar-refractivity contribution in [2.75, 3.05) is 41.3 Å². The Bertz CT molecular complexity index is 1140. The summed E-state index contributed by atoms with van der Waals surface area (Å²) in [5.74, 6) is 2.64. The number of nitrogens with zero attached hydrogens (tertiary/aromatic N) is 7. The molecular formula is C24H29N9O2. The van der Waals surface area contributed by atoms with Gasteiger partial charge in [0, 0.05) is 32.6 Å². The summed E-state index contributed by atoms with van der Waals surface area (Å²) in [5, 5.41) is 26.7. The lowest BCUT2D eigenvalue weighted by atomic mass is 9.94. The quantitative estimate of drug-likeness (QED) is 0.551. The largest absolute Gasteiger partial charge is 0.391 e. The maximum Gasteiger partial charge on any atom is 0.227 e. The number of hydrogen-bond donors (Lipinski definition) is 3. The lowest BCUT2D eigenvalue weighted by Gasteiger charge is -2.31. The number of epoxide rings is 1. The molecular weight excluding hydrogens is 446 g/mol. The van der Waals surface area contributed by atoms with Crippen molar-refractivity contribution in [3.05, 3.63) is 29.6 Å². The molecule has 35 heavy (non-hydrogen) atoms. The fourth-order valence-corrected chi connectivity index (χ4v) is 5.10. The van der Waals surface area contributed by atoms with Crippen LogP contribution in [0.15, 0.2) is 23.4 Å². The number of pyridine rings is 1. The summed E-state index contributed by atoms with van der Waals surface area (Å²) in [6.45, 7) is 3.15. The molecule has 3 fully saturated rings. The minimum absolute atomic E-state index is 0.160. The number of nitriles is 1. The highest BCUT2D eigenvalue weighted by molar-refractivity contribution is 5.84. The normalized spacial score (nSPS) is 25.7. The van der Waals surface area contributed by atoms with Crippen LogP contribution in [0.5, 0.6) is 0 Å². The Hall–Kier alpha value is -3.49. The van der Waals surface area contributed by atoms with Crippen LogP contribution in [0.4, 0.5) is 23.3 Å². The van der Waals surface area contributed by atoms with Gasteiger partial charge < -0.3 is 25.0 Å². The van der Waals surface area contributed by atoms with E-state index < -0.39 is 0 Å². The number of nitrogens with one attached hydrogen (secondary N) is 2. The van der Waals surface area contributed by atoms with Crippen LogP contribution >= 0.6 is 0 Å².